The average Bonchev–Trinajstić information content (AvgIpc) is 2.18. The van der Waals surface area contributed by atoms with Gasteiger partial charge in [0.1, 0.15) is 5.82 Å². The lowest BCUT2D eigenvalue weighted by Crippen LogP contribution is -2.37. The van der Waals surface area contributed by atoms with Gasteiger partial charge in [-0.3, -0.25) is 0 Å². The molecule has 0 aliphatic rings. The number of halogens is 1. The Morgan fingerprint density at radius 2 is 1.88 bits per heavy atom. The topological polar surface area (TPSA) is 46.2 Å². The fraction of sp³-hybridized carbons (Fsp3) is 0.538. The number of nitrogens with two attached hydrogens (primary N) is 1. The van der Waals surface area contributed by atoms with Crippen molar-refractivity contribution >= 4 is 0 Å². The molecule has 0 heterocycles. The molecule has 2 nitrogen and oxygen atoms in total. The van der Waals surface area contributed by atoms with Gasteiger partial charge in [0.05, 0.1) is 12.1 Å². The van der Waals surface area contributed by atoms with Gasteiger partial charge in [-0.15, -0.1) is 0 Å². The Morgan fingerprint density at radius 1 is 1.31 bits per heavy atom. The van der Waals surface area contributed by atoms with Crippen LogP contribution in [0.3, 0.4) is 0 Å². The Labute approximate surface area is 96.3 Å². The quantitative estimate of drug-likeness (QED) is 0.812. The lowest BCUT2D eigenvalue weighted by Gasteiger charge is -2.31. The normalized spacial score (nSPS) is 15.9. The highest BCUT2D eigenvalue weighted by molar-refractivity contribution is 5.30. The molecule has 0 saturated carbocycles. The minimum Gasteiger partial charge on any atom is -0.391 e. The molecule has 90 valence electrons. The van der Waals surface area contributed by atoms with Crippen molar-refractivity contribution in [2.24, 2.45) is 11.1 Å². The zero-order valence-corrected chi connectivity index (χ0v) is 10.3. The lowest BCUT2D eigenvalue weighted by molar-refractivity contribution is 0.0399. The summed E-state index contributed by atoms with van der Waals surface area (Å²) in [6.45, 7) is 7.59. The van der Waals surface area contributed by atoms with E-state index in [4.69, 9.17) is 5.73 Å². The average molecular weight is 225 g/mol. The zero-order chi connectivity index (χ0) is 12.5. The summed E-state index contributed by atoms with van der Waals surface area (Å²) in [5.74, 6) is -0.322. The summed E-state index contributed by atoms with van der Waals surface area (Å²) in [6, 6.07) is 3.92. The van der Waals surface area contributed by atoms with Crippen LogP contribution in [0, 0.1) is 18.2 Å². The summed E-state index contributed by atoms with van der Waals surface area (Å²) >= 11 is 0. The summed E-state index contributed by atoms with van der Waals surface area (Å²) in [5, 5.41) is 10.1. The Hall–Kier alpha value is -0.930. The monoisotopic (exact) mass is 225 g/mol. The predicted octanol–water partition coefficient (Wildman–Crippen LogP) is 2.54. The fourth-order valence-corrected chi connectivity index (χ4v) is 1.68. The molecule has 0 fully saturated rings. The molecule has 0 spiro atoms. The van der Waals surface area contributed by atoms with Gasteiger partial charge in [-0.1, -0.05) is 26.8 Å². The standard InChI is InChI=1S/C13H20FNO/c1-8-5-6-9(14)7-10(8)11(15)12(16)13(2,3)4/h5-7,11-12,16H,15H2,1-4H3/t11-,12-/m1/s1. The van der Waals surface area contributed by atoms with E-state index in [-0.39, 0.29) is 11.2 Å². The highest BCUT2D eigenvalue weighted by Gasteiger charge is 2.29. The van der Waals surface area contributed by atoms with Crippen LogP contribution in [0.25, 0.3) is 0 Å². The Morgan fingerprint density at radius 3 is 2.38 bits per heavy atom. The van der Waals surface area contributed by atoms with Crippen LogP contribution in [0.1, 0.15) is 37.9 Å². The third-order valence-electron chi connectivity index (χ3n) is 2.83. The first-order chi connectivity index (χ1) is 7.23. The predicted molar refractivity (Wildman–Crippen MR) is 63.5 cm³/mol. The van der Waals surface area contributed by atoms with Crippen LogP contribution in [0.15, 0.2) is 18.2 Å². The molecular weight excluding hydrogens is 205 g/mol. The number of aliphatic hydroxyl groups is 1. The molecule has 1 rings (SSSR count). The summed E-state index contributed by atoms with van der Waals surface area (Å²) in [5.41, 5.74) is 7.23. The van der Waals surface area contributed by atoms with Crippen molar-refractivity contribution < 1.29 is 9.50 Å². The van der Waals surface area contributed by atoms with Crippen molar-refractivity contribution in [3.8, 4) is 0 Å². The highest BCUT2D eigenvalue weighted by Crippen LogP contribution is 2.30. The van der Waals surface area contributed by atoms with E-state index in [2.05, 4.69) is 0 Å². The zero-order valence-electron chi connectivity index (χ0n) is 10.3. The number of rotatable bonds is 2. The molecule has 0 saturated heterocycles. The molecule has 0 aliphatic carbocycles. The van der Waals surface area contributed by atoms with Crippen LogP contribution in [0.4, 0.5) is 4.39 Å². The summed E-state index contributed by atoms with van der Waals surface area (Å²) in [4.78, 5) is 0. The largest absolute Gasteiger partial charge is 0.391 e. The van der Waals surface area contributed by atoms with Crippen LogP contribution >= 0.6 is 0 Å². The van der Waals surface area contributed by atoms with E-state index in [1.165, 1.54) is 12.1 Å². The van der Waals surface area contributed by atoms with Crippen molar-refractivity contribution in [2.75, 3.05) is 0 Å². The Kier molecular flexibility index (Phi) is 3.71. The maximum absolute atomic E-state index is 13.1. The summed E-state index contributed by atoms with van der Waals surface area (Å²) in [7, 11) is 0. The first kappa shape index (κ1) is 13.1. The van der Waals surface area contributed by atoms with E-state index in [1.807, 2.05) is 27.7 Å². The molecule has 0 amide bonds. The van der Waals surface area contributed by atoms with E-state index in [0.29, 0.717) is 5.56 Å². The minimum absolute atomic E-state index is 0.321. The van der Waals surface area contributed by atoms with Crippen molar-refractivity contribution in [3.63, 3.8) is 0 Å². The van der Waals surface area contributed by atoms with Gasteiger partial charge >= 0.3 is 0 Å². The van der Waals surface area contributed by atoms with Crippen molar-refractivity contribution in [1.82, 2.24) is 0 Å². The van der Waals surface area contributed by atoms with Crippen LogP contribution < -0.4 is 5.73 Å². The minimum atomic E-state index is -0.701. The summed E-state index contributed by atoms with van der Waals surface area (Å²) in [6.07, 6.45) is -0.701. The van der Waals surface area contributed by atoms with Gasteiger partial charge in [-0.25, -0.2) is 4.39 Å². The SMILES string of the molecule is Cc1ccc(F)cc1[C@@H](N)[C@@H](O)C(C)(C)C. The number of aliphatic hydroxyl groups excluding tert-OH is 1. The third kappa shape index (κ3) is 2.80. The van der Waals surface area contributed by atoms with Gasteiger partial charge in [0.25, 0.3) is 0 Å². The van der Waals surface area contributed by atoms with E-state index < -0.39 is 12.1 Å². The Bertz CT molecular complexity index is 371. The molecule has 3 N–H and O–H groups in total. The van der Waals surface area contributed by atoms with Gasteiger partial charge in [0, 0.05) is 0 Å². The lowest BCUT2D eigenvalue weighted by atomic mass is 9.81. The second-order valence-corrected chi connectivity index (χ2v) is 5.34. The summed E-state index contributed by atoms with van der Waals surface area (Å²) < 4.78 is 13.1. The first-order valence-corrected chi connectivity index (χ1v) is 5.43. The second-order valence-electron chi connectivity index (χ2n) is 5.34. The number of aryl methyl sites for hydroxylation is 1. The van der Waals surface area contributed by atoms with Crippen LogP contribution in [-0.4, -0.2) is 11.2 Å². The molecule has 0 bridgehead atoms. The van der Waals surface area contributed by atoms with Crippen LogP contribution in [0.2, 0.25) is 0 Å². The molecule has 3 heteroatoms. The highest BCUT2D eigenvalue weighted by atomic mass is 19.1. The second kappa shape index (κ2) is 4.52. The number of benzene rings is 1. The van der Waals surface area contributed by atoms with Gasteiger partial charge in [-0.2, -0.15) is 0 Å². The number of hydrogen-bond acceptors (Lipinski definition) is 2. The molecule has 2 atom stereocenters. The third-order valence-corrected chi connectivity index (χ3v) is 2.83. The molecule has 0 aromatic heterocycles. The molecule has 1 aromatic carbocycles. The van der Waals surface area contributed by atoms with Crippen molar-refractivity contribution in [3.05, 3.63) is 35.1 Å². The molecule has 0 radical (unpaired) electrons. The van der Waals surface area contributed by atoms with E-state index in [0.717, 1.165) is 5.56 Å². The van der Waals surface area contributed by atoms with E-state index in [9.17, 15) is 9.50 Å². The van der Waals surface area contributed by atoms with Gasteiger partial charge < -0.3 is 10.8 Å². The Balaban J connectivity index is 3.05. The molecular formula is C13H20FNO. The number of hydrogen-bond donors (Lipinski definition) is 2. The van der Waals surface area contributed by atoms with Crippen LogP contribution in [-0.2, 0) is 0 Å². The fourth-order valence-electron chi connectivity index (χ4n) is 1.68. The van der Waals surface area contributed by atoms with Crippen molar-refractivity contribution in [1.29, 1.82) is 0 Å². The van der Waals surface area contributed by atoms with Crippen molar-refractivity contribution in [2.45, 2.75) is 39.8 Å². The molecule has 1 aromatic rings. The molecule has 0 unspecified atom stereocenters. The van der Waals surface area contributed by atoms with E-state index >= 15 is 0 Å². The van der Waals surface area contributed by atoms with Gasteiger partial charge in [0.15, 0.2) is 0 Å². The molecule has 16 heavy (non-hydrogen) atoms. The maximum Gasteiger partial charge on any atom is 0.123 e. The first-order valence-electron chi connectivity index (χ1n) is 5.43. The van der Waals surface area contributed by atoms with Gasteiger partial charge in [-0.05, 0) is 35.6 Å². The molecule has 0 aliphatic heterocycles. The van der Waals surface area contributed by atoms with Crippen LogP contribution in [0.5, 0.6) is 0 Å². The maximum atomic E-state index is 13.1. The van der Waals surface area contributed by atoms with E-state index in [1.54, 1.807) is 6.07 Å². The smallest absolute Gasteiger partial charge is 0.123 e. The van der Waals surface area contributed by atoms with Gasteiger partial charge in [0.2, 0.25) is 0 Å².